The molecule has 1 rings (SSSR count). The average molecular weight is 170 g/mol. The number of rotatable bonds is 3. The molecule has 11 heavy (non-hydrogen) atoms. The van der Waals surface area contributed by atoms with Crippen LogP contribution in [0.2, 0.25) is 0 Å². The predicted molar refractivity (Wildman–Crippen MR) is 49.8 cm³/mol. The molecule has 0 fully saturated rings. The number of nitrogens with zero attached hydrogens (tertiary/aromatic N) is 1. The van der Waals surface area contributed by atoms with Gasteiger partial charge in [0.05, 0.1) is 11.2 Å². The molecule has 0 radical (unpaired) electrons. The van der Waals surface area contributed by atoms with Crippen LogP contribution in [0.1, 0.15) is 38.3 Å². The second-order valence-electron chi connectivity index (χ2n) is 2.62. The van der Waals surface area contributed by atoms with Crippen LogP contribution in [0.5, 0.6) is 0 Å². The van der Waals surface area contributed by atoms with E-state index in [1.807, 2.05) is 5.51 Å². The molecule has 2 nitrogen and oxygen atoms in total. The van der Waals surface area contributed by atoms with Gasteiger partial charge >= 0.3 is 0 Å². The molecule has 0 aliphatic rings. The SMILES string of the molecule is CCC(CC)c1ncsc1N. The van der Waals surface area contributed by atoms with Crippen molar-refractivity contribution in [2.24, 2.45) is 0 Å². The first kappa shape index (κ1) is 8.53. The van der Waals surface area contributed by atoms with Crippen molar-refractivity contribution in [3.63, 3.8) is 0 Å². The summed E-state index contributed by atoms with van der Waals surface area (Å²) in [4.78, 5) is 4.25. The highest BCUT2D eigenvalue weighted by Crippen LogP contribution is 2.28. The van der Waals surface area contributed by atoms with Gasteiger partial charge in [0.1, 0.15) is 5.00 Å². The third-order valence-electron chi connectivity index (χ3n) is 2.00. The largest absolute Gasteiger partial charge is 0.389 e. The number of nitrogens with two attached hydrogens (primary N) is 1. The highest BCUT2D eigenvalue weighted by atomic mass is 32.1. The Morgan fingerprint density at radius 1 is 1.55 bits per heavy atom. The summed E-state index contributed by atoms with van der Waals surface area (Å²) in [5, 5.41) is 0.888. The molecule has 1 aromatic rings. The lowest BCUT2D eigenvalue weighted by molar-refractivity contribution is 0.629. The summed E-state index contributed by atoms with van der Waals surface area (Å²) in [6.45, 7) is 4.35. The summed E-state index contributed by atoms with van der Waals surface area (Å²) < 4.78 is 0. The highest BCUT2D eigenvalue weighted by Gasteiger charge is 2.12. The van der Waals surface area contributed by atoms with Crippen molar-refractivity contribution in [3.05, 3.63) is 11.2 Å². The van der Waals surface area contributed by atoms with E-state index in [9.17, 15) is 0 Å². The van der Waals surface area contributed by atoms with E-state index in [1.54, 1.807) is 0 Å². The topological polar surface area (TPSA) is 38.9 Å². The summed E-state index contributed by atoms with van der Waals surface area (Å²) in [5.41, 5.74) is 8.67. The van der Waals surface area contributed by atoms with Crippen molar-refractivity contribution in [1.82, 2.24) is 4.98 Å². The zero-order valence-corrected chi connectivity index (χ0v) is 7.82. The average Bonchev–Trinajstić information content (AvgIpc) is 2.40. The Morgan fingerprint density at radius 3 is 2.55 bits per heavy atom. The molecule has 2 N–H and O–H groups in total. The first-order valence-electron chi connectivity index (χ1n) is 3.98. The van der Waals surface area contributed by atoms with Gasteiger partial charge < -0.3 is 5.73 Å². The maximum Gasteiger partial charge on any atom is 0.109 e. The third kappa shape index (κ3) is 1.71. The molecule has 1 heterocycles. The minimum atomic E-state index is 0.557. The lowest BCUT2D eigenvalue weighted by Gasteiger charge is -2.08. The van der Waals surface area contributed by atoms with Gasteiger partial charge in [-0.15, -0.1) is 11.3 Å². The summed E-state index contributed by atoms with van der Waals surface area (Å²) in [6.07, 6.45) is 2.26. The molecular formula is C8H14N2S. The van der Waals surface area contributed by atoms with Crippen LogP contribution in [0, 0.1) is 0 Å². The van der Waals surface area contributed by atoms with Crippen LogP contribution in [-0.4, -0.2) is 4.98 Å². The van der Waals surface area contributed by atoms with Crippen molar-refractivity contribution >= 4 is 16.3 Å². The molecule has 0 saturated carbocycles. The smallest absolute Gasteiger partial charge is 0.109 e. The predicted octanol–water partition coefficient (Wildman–Crippen LogP) is 2.63. The molecule has 1 aromatic heterocycles. The van der Waals surface area contributed by atoms with E-state index in [-0.39, 0.29) is 0 Å². The van der Waals surface area contributed by atoms with Gasteiger partial charge in [0, 0.05) is 5.92 Å². The van der Waals surface area contributed by atoms with Gasteiger partial charge in [0.2, 0.25) is 0 Å². The Hall–Kier alpha value is -0.570. The number of aromatic nitrogens is 1. The van der Waals surface area contributed by atoms with Crippen LogP contribution in [0.3, 0.4) is 0 Å². The van der Waals surface area contributed by atoms with E-state index in [1.165, 1.54) is 11.3 Å². The van der Waals surface area contributed by atoms with Crippen molar-refractivity contribution < 1.29 is 0 Å². The summed E-state index contributed by atoms with van der Waals surface area (Å²) >= 11 is 1.53. The van der Waals surface area contributed by atoms with Crippen LogP contribution in [0.25, 0.3) is 0 Å². The quantitative estimate of drug-likeness (QED) is 0.757. The maximum absolute atomic E-state index is 5.75. The molecule has 0 atom stereocenters. The summed E-state index contributed by atoms with van der Waals surface area (Å²) in [7, 11) is 0. The molecule has 0 spiro atoms. The van der Waals surface area contributed by atoms with Crippen LogP contribution >= 0.6 is 11.3 Å². The van der Waals surface area contributed by atoms with Gasteiger partial charge in [-0.1, -0.05) is 13.8 Å². The second kappa shape index (κ2) is 3.72. The zero-order chi connectivity index (χ0) is 8.27. The normalized spacial score (nSPS) is 10.8. The monoisotopic (exact) mass is 170 g/mol. The molecule has 0 bridgehead atoms. The standard InChI is InChI=1S/C8H14N2S/c1-3-6(4-2)7-8(9)11-5-10-7/h5-6H,3-4,9H2,1-2H3. The van der Waals surface area contributed by atoms with E-state index in [4.69, 9.17) is 5.73 Å². The van der Waals surface area contributed by atoms with E-state index in [2.05, 4.69) is 18.8 Å². The summed E-state index contributed by atoms with van der Waals surface area (Å²) in [5.74, 6) is 0.557. The highest BCUT2D eigenvalue weighted by molar-refractivity contribution is 7.13. The Balaban J connectivity index is 2.81. The molecule has 0 unspecified atom stereocenters. The minimum Gasteiger partial charge on any atom is -0.389 e. The lowest BCUT2D eigenvalue weighted by atomic mass is 10.0. The number of thiazole rings is 1. The van der Waals surface area contributed by atoms with Gasteiger partial charge in [-0.2, -0.15) is 0 Å². The van der Waals surface area contributed by atoms with Crippen LogP contribution in [0.4, 0.5) is 5.00 Å². The van der Waals surface area contributed by atoms with Crippen LogP contribution in [0.15, 0.2) is 5.51 Å². The Labute approximate surface area is 71.5 Å². The molecular weight excluding hydrogens is 156 g/mol. The fourth-order valence-corrected chi connectivity index (χ4v) is 1.87. The zero-order valence-electron chi connectivity index (χ0n) is 7.00. The van der Waals surface area contributed by atoms with E-state index < -0.39 is 0 Å². The van der Waals surface area contributed by atoms with E-state index in [0.29, 0.717) is 5.92 Å². The first-order chi connectivity index (χ1) is 5.29. The van der Waals surface area contributed by atoms with Crippen molar-refractivity contribution in [3.8, 4) is 0 Å². The van der Waals surface area contributed by atoms with E-state index >= 15 is 0 Å². The molecule has 0 aliphatic heterocycles. The van der Waals surface area contributed by atoms with Crippen LogP contribution < -0.4 is 5.73 Å². The molecule has 62 valence electrons. The van der Waals surface area contributed by atoms with Crippen molar-refractivity contribution in [1.29, 1.82) is 0 Å². The molecule has 0 saturated heterocycles. The Bertz CT molecular complexity index is 216. The Morgan fingerprint density at radius 2 is 2.18 bits per heavy atom. The van der Waals surface area contributed by atoms with Gasteiger partial charge in [0.15, 0.2) is 0 Å². The lowest BCUT2D eigenvalue weighted by Crippen LogP contribution is -1.99. The molecule has 0 amide bonds. The van der Waals surface area contributed by atoms with Gasteiger partial charge in [-0.3, -0.25) is 0 Å². The fourth-order valence-electron chi connectivity index (χ4n) is 1.25. The molecule has 3 heteroatoms. The second-order valence-corrected chi connectivity index (χ2v) is 3.50. The number of hydrogen-bond acceptors (Lipinski definition) is 3. The fraction of sp³-hybridized carbons (Fsp3) is 0.625. The van der Waals surface area contributed by atoms with Crippen molar-refractivity contribution in [2.75, 3.05) is 5.73 Å². The Kier molecular flexibility index (Phi) is 2.88. The third-order valence-corrected chi connectivity index (χ3v) is 2.67. The van der Waals surface area contributed by atoms with Crippen LogP contribution in [-0.2, 0) is 0 Å². The van der Waals surface area contributed by atoms with Gasteiger partial charge in [-0.25, -0.2) is 4.98 Å². The number of nitrogen functional groups attached to an aromatic ring is 1. The number of anilines is 1. The first-order valence-corrected chi connectivity index (χ1v) is 4.86. The maximum atomic E-state index is 5.75. The minimum absolute atomic E-state index is 0.557. The molecule has 0 aliphatic carbocycles. The van der Waals surface area contributed by atoms with Gasteiger partial charge in [-0.05, 0) is 12.8 Å². The van der Waals surface area contributed by atoms with Crippen molar-refractivity contribution in [2.45, 2.75) is 32.6 Å². The van der Waals surface area contributed by atoms with Gasteiger partial charge in [0.25, 0.3) is 0 Å². The molecule has 0 aromatic carbocycles. The number of hydrogen-bond donors (Lipinski definition) is 1. The summed E-state index contributed by atoms with van der Waals surface area (Å²) in [6, 6.07) is 0. The van der Waals surface area contributed by atoms with E-state index in [0.717, 1.165) is 23.5 Å².